The summed E-state index contributed by atoms with van der Waals surface area (Å²) in [6.07, 6.45) is 6.51. The Balaban J connectivity index is 1.67. The van der Waals surface area contributed by atoms with Crippen molar-refractivity contribution in [3.05, 3.63) is 71.8 Å². The summed E-state index contributed by atoms with van der Waals surface area (Å²) in [5.74, 6) is 0. The lowest BCUT2D eigenvalue weighted by Crippen LogP contribution is -2.61. The van der Waals surface area contributed by atoms with Crippen LogP contribution in [0.15, 0.2) is 60.7 Å². The van der Waals surface area contributed by atoms with E-state index in [4.69, 9.17) is 0 Å². The largest absolute Gasteiger partial charge is 0.390 e. The molecule has 2 aromatic carbocycles. The number of likely N-dealkylation sites (tertiary alicyclic amines) is 1. The van der Waals surface area contributed by atoms with Crippen molar-refractivity contribution in [3.63, 3.8) is 0 Å². The summed E-state index contributed by atoms with van der Waals surface area (Å²) >= 11 is 0. The summed E-state index contributed by atoms with van der Waals surface area (Å²) in [5.41, 5.74) is 1.69. The fourth-order valence-corrected chi connectivity index (χ4v) is 5.11. The molecule has 0 unspecified atom stereocenters. The van der Waals surface area contributed by atoms with Gasteiger partial charge in [-0.05, 0) is 36.8 Å². The molecule has 4 rings (SSSR count). The van der Waals surface area contributed by atoms with Crippen molar-refractivity contribution in [2.75, 3.05) is 13.1 Å². The van der Waals surface area contributed by atoms with E-state index in [1.807, 2.05) is 36.4 Å². The minimum absolute atomic E-state index is 0.158. The first-order valence-electron chi connectivity index (χ1n) is 10.1. The summed E-state index contributed by atoms with van der Waals surface area (Å²) in [4.78, 5) is 2.47. The summed E-state index contributed by atoms with van der Waals surface area (Å²) in [6.45, 7) is 1.58. The van der Waals surface area contributed by atoms with Gasteiger partial charge in [0.05, 0.1) is 12.2 Å². The molecule has 0 radical (unpaired) electrons. The highest BCUT2D eigenvalue weighted by molar-refractivity contribution is 5.45. The predicted molar refractivity (Wildman–Crippen MR) is 107 cm³/mol. The third kappa shape index (κ3) is 3.29. The average Bonchev–Trinajstić information content (AvgIpc) is 3.18. The van der Waals surface area contributed by atoms with Crippen LogP contribution in [0.3, 0.4) is 0 Å². The quantitative estimate of drug-likeness (QED) is 0.837. The van der Waals surface area contributed by atoms with E-state index in [9.17, 15) is 10.4 Å². The van der Waals surface area contributed by atoms with Crippen molar-refractivity contribution in [1.29, 1.82) is 5.26 Å². The Morgan fingerprint density at radius 3 is 1.93 bits per heavy atom. The zero-order valence-electron chi connectivity index (χ0n) is 15.8. The fraction of sp³-hybridized carbons (Fsp3) is 0.458. The molecule has 1 heterocycles. The first-order chi connectivity index (χ1) is 13.2. The van der Waals surface area contributed by atoms with Crippen LogP contribution in [0.2, 0.25) is 0 Å². The Morgan fingerprint density at radius 2 is 1.48 bits per heavy atom. The molecule has 2 fully saturated rings. The highest BCUT2D eigenvalue weighted by Crippen LogP contribution is 2.45. The van der Waals surface area contributed by atoms with Crippen LogP contribution in [0.4, 0.5) is 0 Å². The monoisotopic (exact) mass is 360 g/mol. The molecule has 3 nitrogen and oxygen atoms in total. The molecule has 140 valence electrons. The molecule has 2 aliphatic rings. The van der Waals surface area contributed by atoms with E-state index >= 15 is 0 Å². The van der Waals surface area contributed by atoms with Gasteiger partial charge < -0.3 is 5.11 Å². The summed E-state index contributed by atoms with van der Waals surface area (Å²) < 4.78 is 0. The Kier molecular flexibility index (Phi) is 5.04. The maximum atomic E-state index is 10.4. The molecule has 27 heavy (non-hydrogen) atoms. The SMILES string of the molecule is N#CC(CCC1(N2CC(O)C2)CCCC1)(c1ccccc1)c1ccccc1. The Hall–Kier alpha value is -2.15. The Bertz CT molecular complexity index is 745. The molecule has 0 atom stereocenters. The average molecular weight is 361 g/mol. The van der Waals surface area contributed by atoms with Gasteiger partial charge in [0, 0.05) is 18.6 Å². The van der Waals surface area contributed by atoms with Gasteiger partial charge in [-0.15, -0.1) is 0 Å². The highest BCUT2D eigenvalue weighted by Gasteiger charge is 2.46. The second kappa shape index (κ2) is 7.46. The van der Waals surface area contributed by atoms with Crippen molar-refractivity contribution in [2.45, 2.75) is 55.6 Å². The molecular formula is C24H28N2O. The maximum Gasteiger partial charge on any atom is 0.107 e. The highest BCUT2D eigenvalue weighted by atomic mass is 16.3. The summed E-state index contributed by atoms with van der Waals surface area (Å²) in [5, 5.41) is 20.2. The number of aliphatic hydroxyl groups excluding tert-OH is 1. The van der Waals surface area contributed by atoms with Gasteiger partial charge in [0.25, 0.3) is 0 Å². The van der Waals surface area contributed by atoms with E-state index < -0.39 is 5.41 Å². The van der Waals surface area contributed by atoms with Crippen LogP contribution in [0.5, 0.6) is 0 Å². The first-order valence-corrected chi connectivity index (χ1v) is 10.1. The third-order valence-electron chi connectivity index (χ3n) is 6.76. The Labute approximate surface area is 162 Å². The van der Waals surface area contributed by atoms with E-state index in [1.54, 1.807) is 0 Å². The number of benzene rings is 2. The molecule has 1 saturated carbocycles. The minimum Gasteiger partial charge on any atom is -0.390 e. The maximum absolute atomic E-state index is 10.4. The lowest BCUT2D eigenvalue weighted by atomic mass is 9.69. The van der Waals surface area contributed by atoms with Crippen molar-refractivity contribution in [1.82, 2.24) is 4.90 Å². The van der Waals surface area contributed by atoms with Crippen LogP contribution < -0.4 is 0 Å². The lowest BCUT2D eigenvalue weighted by molar-refractivity contribution is -0.0704. The second-order valence-electron chi connectivity index (χ2n) is 8.24. The Morgan fingerprint density at radius 1 is 0.963 bits per heavy atom. The third-order valence-corrected chi connectivity index (χ3v) is 6.76. The van der Waals surface area contributed by atoms with Crippen LogP contribution in [0, 0.1) is 11.3 Å². The van der Waals surface area contributed by atoms with Crippen molar-refractivity contribution in [2.24, 2.45) is 0 Å². The van der Waals surface area contributed by atoms with Crippen molar-refractivity contribution < 1.29 is 5.11 Å². The molecule has 0 aromatic heterocycles. The van der Waals surface area contributed by atoms with Gasteiger partial charge in [0.2, 0.25) is 0 Å². The molecule has 1 aliphatic heterocycles. The molecule has 0 spiro atoms. The fourth-order valence-electron chi connectivity index (χ4n) is 5.11. The number of hydrogen-bond acceptors (Lipinski definition) is 3. The van der Waals surface area contributed by atoms with Crippen LogP contribution in [0.1, 0.15) is 49.7 Å². The van der Waals surface area contributed by atoms with E-state index in [1.165, 1.54) is 25.7 Å². The normalized spacial score (nSPS) is 20.1. The second-order valence-corrected chi connectivity index (χ2v) is 8.24. The topological polar surface area (TPSA) is 47.3 Å². The van der Waals surface area contributed by atoms with E-state index in [2.05, 4.69) is 35.2 Å². The number of hydrogen-bond donors (Lipinski definition) is 1. The first kappa shape index (κ1) is 18.2. The van der Waals surface area contributed by atoms with Gasteiger partial charge in [0.1, 0.15) is 5.41 Å². The predicted octanol–water partition coefficient (Wildman–Crippen LogP) is 4.27. The van der Waals surface area contributed by atoms with Crippen molar-refractivity contribution >= 4 is 0 Å². The van der Waals surface area contributed by atoms with E-state index in [0.717, 1.165) is 37.1 Å². The van der Waals surface area contributed by atoms with Gasteiger partial charge in [-0.25, -0.2) is 0 Å². The van der Waals surface area contributed by atoms with Gasteiger partial charge in [0.15, 0.2) is 0 Å². The van der Waals surface area contributed by atoms with Gasteiger partial charge >= 0.3 is 0 Å². The molecule has 0 amide bonds. The number of nitrogens with zero attached hydrogens (tertiary/aromatic N) is 2. The van der Waals surface area contributed by atoms with Crippen LogP contribution in [-0.2, 0) is 5.41 Å². The van der Waals surface area contributed by atoms with Crippen LogP contribution in [0.25, 0.3) is 0 Å². The molecule has 3 heteroatoms. The van der Waals surface area contributed by atoms with Crippen LogP contribution in [-0.4, -0.2) is 34.7 Å². The molecule has 2 aromatic rings. The molecule has 1 N–H and O–H groups in total. The van der Waals surface area contributed by atoms with E-state index in [0.29, 0.717) is 0 Å². The zero-order chi connectivity index (χ0) is 18.7. The van der Waals surface area contributed by atoms with Gasteiger partial charge in [-0.3, -0.25) is 4.90 Å². The minimum atomic E-state index is -0.623. The number of nitriles is 1. The molecule has 0 bridgehead atoms. The lowest BCUT2D eigenvalue weighted by Gasteiger charge is -2.50. The number of β-amino-alcohol motifs (C(OH)–C–C–N with tert-alkyl or cyclic N) is 1. The summed E-state index contributed by atoms with van der Waals surface area (Å²) in [7, 11) is 0. The smallest absolute Gasteiger partial charge is 0.107 e. The van der Waals surface area contributed by atoms with Gasteiger partial charge in [-0.1, -0.05) is 73.5 Å². The van der Waals surface area contributed by atoms with Crippen molar-refractivity contribution in [3.8, 4) is 6.07 Å². The summed E-state index contributed by atoms with van der Waals surface area (Å²) in [6, 6.07) is 23.2. The molecule has 1 saturated heterocycles. The molecular weight excluding hydrogens is 332 g/mol. The standard InChI is InChI=1S/C24H28N2O/c25-19-24(20-9-3-1-4-10-20,21-11-5-2-6-12-21)16-15-23(13-7-8-14-23)26-17-22(27)18-26/h1-6,9-12,22,27H,7-8,13-18H2. The molecule has 1 aliphatic carbocycles. The van der Waals surface area contributed by atoms with Gasteiger partial charge in [-0.2, -0.15) is 5.26 Å². The van der Waals surface area contributed by atoms with E-state index in [-0.39, 0.29) is 11.6 Å². The van der Waals surface area contributed by atoms with Crippen LogP contribution >= 0.6 is 0 Å². The number of aliphatic hydroxyl groups is 1. The zero-order valence-corrected chi connectivity index (χ0v) is 15.8. The number of rotatable bonds is 6.